The van der Waals surface area contributed by atoms with Crippen LogP contribution in [0.25, 0.3) is 0 Å². The molecule has 3 rings (SSSR count). The first-order valence-electron chi connectivity index (χ1n) is 7.20. The van der Waals surface area contributed by atoms with Gasteiger partial charge in [0.25, 0.3) is 5.91 Å². The topological polar surface area (TPSA) is 102 Å². The van der Waals surface area contributed by atoms with Gasteiger partial charge in [0.2, 0.25) is 5.69 Å². The van der Waals surface area contributed by atoms with E-state index in [1.54, 1.807) is 0 Å². The minimum absolute atomic E-state index is 0.0761. The molecule has 8 heteroatoms. The average molecular weight is 316 g/mol. The molecule has 0 unspecified atom stereocenters. The van der Waals surface area contributed by atoms with E-state index in [2.05, 4.69) is 5.10 Å². The van der Waals surface area contributed by atoms with Gasteiger partial charge >= 0.3 is 5.69 Å². The largest absolute Gasteiger partial charge is 0.394 e. The van der Waals surface area contributed by atoms with Gasteiger partial charge in [-0.15, -0.1) is 0 Å². The van der Waals surface area contributed by atoms with E-state index in [1.807, 2.05) is 24.3 Å². The number of fused-ring (bicyclic) bond motifs is 1. The molecule has 1 N–H and O–H groups in total. The van der Waals surface area contributed by atoms with Gasteiger partial charge < -0.3 is 10.0 Å². The van der Waals surface area contributed by atoms with Crippen LogP contribution in [-0.4, -0.2) is 43.8 Å². The van der Waals surface area contributed by atoms with Crippen molar-refractivity contribution < 1.29 is 14.8 Å². The molecule has 1 aromatic carbocycles. The number of rotatable bonds is 3. The molecule has 0 fully saturated rings. The number of aliphatic hydroxyl groups excluding tert-OH is 1. The Morgan fingerprint density at radius 1 is 1.48 bits per heavy atom. The van der Waals surface area contributed by atoms with Gasteiger partial charge in [0.05, 0.1) is 17.6 Å². The summed E-state index contributed by atoms with van der Waals surface area (Å²) in [5, 5.41) is 24.7. The zero-order valence-corrected chi connectivity index (χ0v) is 12.5. The second kappa shape index (κ2) is 5.81. The molecule has 0 spiro atoms. The predicted octanol–water partition coefficient (Wildman–Crippen LogP) is 1.06. The summed E-state index contributed by atoms with van der Waals surface area (Å²) in [5.41, 5.74) is 1.55. The number of aromatic nitrogens is 2. The average Bonchev–Trinajstić information content (AvgIpc) is 2.95. The maximum Gasteiger partial charge on any atom is 0.320 e. The van der Waals surface area contributed by atoms with E-state index in [0.29, 0.717) is 13.0 Å². The lowest BCUT2D eigenvalue weighted by molar-refractivity contribution is -0.385. The minimum atomic E-state index is -0.619. The smallest absolute Gasteiger partial charge is 0.320 e. The maximum atomic E-state index is 12.8. The van der Waals surface area contributed by atoms with Gasteiger partial charge in [-0.2, -0.15) is 5.10 Å². The van der Waals surface area contributed by atoms with Crippen molar-refractivity contribution in [2.75, 3.05) is 13.2 Å². The molecular formula is C15H16N4O4. The Morgan fingerprint density at radius 3 is 2.91 bits per heavy atom. The van der Waals surface area contributed by atoms with Gasteiger partial charge in [-0.05, 0) is 17.5 Å². The van der Waals surface area contributed by atoms with Crippen LogP contribution in [0, 0.1) is 10.1 Å². The third-order valence-corrected chi connectivity index (χ3v) is 4.16. The van der Waals surface area contributed by atoms with Crippen LogP contribution >= 0.6 is 0 Å². The van der Waals surface area contributed by atoms with Crippen LogP contribution < -0.4 is 0 Å². The van der Waals surface area contributed by atoms with E-state index in [1.165, 1.54) is 16.6 Å². The van der Waals surface area contributed by atoms with Crippen molar-refractivity contribution in [1.29, 1.82) is 0 Å². The van der Waals surface area contributed by atoms with Crippen molar-refractivity contribution in [1.82, 2.24) is 14.7 Å². The summed E-state index contributed by atoms with van der Waals surface area (Å²) < 4.78 is 1.20. The molecule has 1 aliphatic rings. The van der Waals surface area contributed by atoms with Crippen LogP contribution in [0.4, 0.5) is 5.69 Å². The van der Waals surface area contributed by atoms with Crippen LogP contribution in [0.5, 0.6) is 0 Å². The summed E-state index contributed by atoms with van der Waals surface area (Å²) in [6, 6.07) is 7.08. The van der Waals surface area contributed by atoms with Crippen molar-refractivity contribution >= 4 is 11.6 Å². The Hall–Kier alpha value is -2.74. The highest BCUT2D eigenvalue weighted by atomic mass is 16.6. The minimum Gasteiger partial charge on any atom is -0.394 e. The molecule has 120 valence electrons. The molecular weight excluding hydrogens is 300 g/mol. The first-order chi connectivity index (χ1) is 11.0. The van der Waals surface area contributed by atoms with E-state index in [4.69, 9.17) is 0 Å². The van der Waals surface area contributed by atoms with Gasteiger partial charge in [0.15, 0.2) is 0 Å². The second-order valence-corrected chi connectivity index (χ2v) is 5.40. The quantitative estimate of drug-likeness (QED) is 0.674. The highest BCUT2D eigenvalue weighted by molar-refractivity contribution is 5.96. The molecule has 2 heterocycles. The molecule has 0 saturated heterocycles. The normalized spacial score (nSPS) is 17.0. The number of hydrogen-bond acceptors (Lipinski definition) is 5. The number of carbonyl (C=O) groups excluding carboxylic acids is 1. The number of aryl methyl sites for hydroxylation is 1. The van der Waals surface area contributed by atoms with Crippen LogP contribution in [0.1, 0.15) is 27.7 Å². The van der Waals surface area contributed by atoms with Crippen molar-refractivity contribution in [3.8, 4) is 0 Å². The van der Waals surface area contributed by atoms with Crippen LogP contribution in [-0.2, 0) is 13.5 Å². The number of aliphatic hydroxyl groups is 1. The van der Waals surface area contributed by atoms with Gasteiger partial charge in [0, 0.05) is 13.6 Å². The molecule has 1 aromatic heterocycles. The third kappa shape index (κ3) is 2.46. The summed E-state index contributed by atoms with van der Waals surface area (Å²) in [7, 11) is 1.49. The fourth-order valence-corrected chi connectivity index (χ4v) is 3.04. The lowest BCUT2D eigenvalue weighted by Gasteiger charge is -2.36. The summed E-state index contributed by atoms with van der Waals surface area (Å²) in [6.07, 6.45) is 1.71. The molecule has 0 saturated carbocycles. The van der Waals surface area contributed by atoms with Crippen LogP contribution in [0.15, 0.2) is 30.5 Å². The van der Waals surface area contributed by atoms with Crippen molar-refractivity contribution in [3.05, 3.63) is 57.4 Å². The zero-order valence-electron chi connectivity index (χ0n) is 12.5. The Kier molecular flexibility index (Phi) is 3.83. The summed E-state index contributed by atoms with van der Waals surface area (Å²) in [6.45, 7) is 0.151. The zero-order chi connectivity index (χ0) is 16.6. The molecule has 23 heavy (non-hydrogen) atoms. The number of benzene rings is 1. The Labute approximate surface area is 132 Å². The fraction of sp³-hybridized carbons (Fsp3) is 0.333. The van der Waals surface area contributed by atoms with E-state index in [0.717, 1.165) is 17.3 Å². The van der Waals surface area contributed by atoms with E-state index < -0.39 is 16.9 Å². The van der Waals surface area contributed by atoms with E-state index in [-0.39, 0.29) is 18.0 Å². The van der Waals surface area contributed by atoms with E-state index >= 15 is 0 Å². The maximum absolute atomic E-state index is 12.8. The molecule has 1 aliphatic heterocycles. The molecule has 8 nitrogen and oxygen atoms in total. The van der Waals surface area contributed by atoms with Crippen molar-refractivity contribution in [2.24, 2.45) is 7.05 Å². The lowest BCUT2D eigenvalue weighted by atomic mass is 9.92. The van der Waals surface area contributed by atoms with E-state index in [9.17, 15) is 20.0 Å². The monoisotopic (exact) mass is 316 g/mol. The van der Waals surface area contributed by atoms with Gasteiger partial charge in [-0.25, -0.2) is 0 Å². The molecule has 0 radical (unpaired) electrons. The standard InChI is InChI=1S/C15H16N4O4/c1-17-14(12(8-16-17)19(22)23)15(21)18-7-6-10-4-2-3-5-11(10)13(18)9-20/h2-5,8,13,20H,6-7,9H2,1H3/t13-/m0/s1. The Bertz CT molecular complexity index is 771. The van der Waals surface area contributed by atoms with Crippen molar-refractivity contribution in [2.45, 2.75) is 12.5 Å². The van der Waals surface area contributed by atoms with Crippen LogP contribution in [0.2, 0.25) is 0 Å². The Balaban J connectivity index is 2.01. The third-order valence-electron chi connectivity index (χ3n) is 4.16. The van der Waals surface area contributed by atoms with Crippen LogP contribution in [0.3, 0.4) is 0 Å². The molecule has 1 atom stereocenters. The first kappa shape index (κ1) is 15.2. The fourth-order valence-electron chi connectivity index (χ4n) is 3.04. The Morgan fingerprint density at radius 2 is 2.22 bits per heavy atom. The summed E-state index contributed by atoms with van der Waals surface area (Å²) in [4.78, 5) is 24.8. The molecule has 2 aromatic rings. The summed E-state index contributed by atoms with van der Waals surface area (Å²) >= 11 is 0. The molecule has 0 bridgehead atoms. The highest BCUT2D eigenvalue weighted by Gasteiger charge is 2.35. The van der Waals surface area contributed by atoms with Gasteiger partial charge in [-0.3, -0.25) is 19.6 Å². The first-order valence-corrected chi connectivity index (χ1v) is 7.20. The second-order valence-electron chi connectivity index (χ2n) is 5.40. The SMILES string of the molecule is Cn1ncc([N+](=O)[O-])c1C(=O)N1CCc2ccccc2[C@@H]1CO. The number of nitrogens with zero attached hydrogens (tertiary/aromatic N) is 4. The summed E-state index contributed by atoms with van der Waals surface area (Å²) in [5.74, 6) is -0.495. The highest BCUT2D eigenvalue weighted by Crippen LogP contribution is 2.31. The molecule has 1 amide bonds. The number of carbonyl (C=O) groups is 1. The molecule has 0 aliphatic carbocycles. The number of hydrogen-bond donors (Lipinski definition) is 1. The van der Waals surface area contributed by atoms with Crippen molar-refractivity contribution in [3.63, 3.8) is 0 Å². The lowest BCUT2D eigenvalue weighted by Crippen LogP contribution is -2.42. The number of amides is 1. The predicted molar refractivity (Wildman–Crippen MR) is 80.9 cm³/mol. The van der Waals surface area contributed by atoms with Gasteiger partial charge in [-0.1, -0.05) is 24.3 Å². The van der Waals surface area contributed by atoms with Gasteiger partial charge in [0.1, 0.15) is 6.20 Å². The number of nitro groups is 1.